The molecular weight excluding hydrogens is 366 g/mol. The number of rotatable bonds is 5. The molecule has 0 spiro atoms. The number of nitrogens with zero attached hydrogens (tertiary/aromatic N) is 3. The van der Waals surface area contributed by atoms with E-state index in [2.05, 4.69) is 28.5 Å². The topological polar surface area (TPSA) is 107 Å². The summed E-state index contributed by atoms with van der Waals surface area (Å²) >= 11 is 0. The van der Waals surface area contributed by atoms with Crippen LogP contribution in [0.1, 0.15) is 34.8 Å². The zero-order chi connectivity index (χ0) is 20.3. The number of hydrogen-bond donors (Lipinski definition) is 2. The van der Waals surface area contributed by atoms with E-state index in [9.17, 15) is 9.59 Å². The Morgan fingerprint density at radius 3 is 2.76 bits per heavy atom. The number of amides is 2. The maximum absolute atomic E-state index is 12.9. The largest absolute Gasteiger partial charge is 0.398 e. The highest BCUT2D eigenvalue weighted by molar-refractivity contribution is 6.06. The van der Waals surface area contributed by atoms with E-state index in [0.717, 1.165) is 40.4 Å². The van der Waals surface area contributed by atoms with Crippen LogP contribution in [0.2, 0.25) is 0 Å². The Morgan fingerprint density at radius 2 is 2.03 bits per heavy atom. The van der Waals surface area contributed by atoms with Crippen molar-refractivity contribution in [3.8, 4) is 11.1 Å². The Bertz CT molecular complexity index is 1210. The molecule has 2 amide bonds. The quantitative estimate of drug-likeness (QED) is 0.518. The maximum atomic E-state index is 12.9. The molecule has 1 fully saturated rings. The van der Waals surface area contributed by atoms with Gasteiger partial charge in [0.25, 0.3) is 5.91 Å². The average Bonchev–Trinajstić information content (AvgIpc) is 3.37. The monoisotopic (exact) mass is 387 g/mol. The molecule has 2 aliphatic rings. The minimum Gasteiger partial charge on any atom is -0.398 e. The van der Waals surface area contributed by atoms with Crippen LogP contribution in [-0.4, -0.2) is 33.0 Å². The summed E-state index contributed by atoms with van der Waals surface area (Å²) in [6, 6.07) is 10.4. The number of hydrogen-bond acceptors (Lipinski definition) is 4. The smallest absolute Gasteiger partial charge is 0.256 e. The number of benzene rings is 2. The molecule has 146 valence electrons. The van der Waals surface area contributed by atoms with Crippen molar-refractivity contribution in [2.75, 3.05) is 12.3 Å². The van der Waals surface area contributed by atoms with Gasteiger partial charge in [0.15, 0.2) is 0 Å². The van der Waals surface area contributed by atoms with Crippen LogP contribution in [0.4, 0.5) is 5.69 Å². The molecule has 7 nitrogen and oxygen atoms in total. The second-order valence-electron chi connectivity index (χ2n) is 7.78. The first-order valence-corrected chi connectivity index (χ1v) is 9.60. The molecule has 7 heteroatoms. The lowest BCUT2D eigenvalue weighted by atomic mass is 9.95. The van der Waals surface area contributed by atoms with Gasteiger partial charge in [-0.2, -0.15) is 5.10 Å². The number of carbonyl (C=O) groups is 2. The van der Waals surface area contributed by atoms with Crippen molar-refractivity contribution in [3.63, 3.8) is 0 Å². The van der Waals surface area contributed by atoms with Crippen LogP contribution in [0.3, 0.4) is 0 Å². The third-order valence-electron chi connectivity index (χ3n) is 5.73. The van der Waals surface area contributed by atoms with Crippen molar-refractivity contribution >= 4 is 28.4 Å². The lowest BCUT2D eigenvalue weighted by Crippen LogP contribution is -2.30. The van der Waals surface area contributed by atoms with Crippen molar-refractivity contribution < 1.29 is 9.59 Å². The zero-order valence-corrected chi connectivity index (χ0v) is 15.9. The molecule has 5 rings (SSSR count). The third kappa shape index (κ3) is 2.77. The Labute approximate surface area is 167 Å². The summed E-state index contributed by atoms with van der Waals surface area (Å²) in [7, 11) is 0. The van der Waals surface area contributed by atoms with Gasteiger partial charge < -0.3 is 16.4 Å². The Morgan fingerprint density at radius 1 is 1.24 bits per heavy atom. The molecule has 0 saturated heterocycles. The van der Waals surface area contributed by atoms with Crippen LogP contribution in [-0.2, 0) is 11.3 Å². The first-order chi connectivity index (χ1) is 13.9. The van der Waals surface area contributed by atoms with Crippen molar-refractivity contribution in [2.45, 2.75) is 25.4 Å². The van der Waals surface area contributed by atoms with Gasteiger partial charge in [0, 0.05) is 23.2 Å². The van der Waals surface area contributed by atoms with Gasteiger partial charge in [0.05, 0.1) is 29.9 Å². The van der Waals surface area contributed by atoms with E-state index in [-0.39, 0.29) is 18.0 Å². The van der Waals surface area contributed by atoms with Crippen LogP contribution < -0.4 is 11.5 Å². The van der Waals surface area contributed by atoms with Gasteiger partial charge >= 0.3 is 0 Å². The van der Waals surface area contributed by atoms with Crippen molar-refractivity contribution in [2.24, 2.45) is 5.73 Å². The third-order valence-corrected chi connectivity index (χ3v) is 5.73. The molecule has 1 saturated carbocycles. The van der Waals surface area contributed by atoms with Crippen molar-refractivity contribution in [3.05, 3.63) is 59.8 Å². The molecule has 0 radical (unpaired) electrons. The summed E-state index contributed by atoms with van der Waals surface area (Å²) < 4.78 is 2.09. The predicted octanol–water partition coefficient (Wildman–Crippen LogP) is 2.62. The lowest BCUT2D eigenvalue weighted by molar-refractivity contribution is -0.114. The van der Waals surface area contributed by atoms with Gasteiger partial charge in [-0.05, 0) is 41.7 Å². The molecular formula is C22H21N5O2. The lowest BCUT2D eigenvalue weighted by Gasteiger charge is -2.15. The first kappa shape index (κ1) is 17.5. The first-order valence-electron chi connectivity index (χ1n) is 9.60. The number of aromatic nitrogens is 2. The Hall–Kier alpha value is -3.61. The minimum atomic E-state index is -0.610. The van der Waals surface area contributed by atoms with Crippen LogP contribution in [0.25, 0.3) is 22.0 Å². The molecule has 1 aliphatic carbocycles. The molecule has 2 aromatic carbocycles. The fourth-order valence-electron chi connectivity index (χ4n) is 4.03. The molecule has 3 aromatic rings. The van der Waals surface area contributed by atoms with E-state index in [1.807, 2.05) is 18.3 Å². The predicted molar refractivity (Wildman–Crippen MR) is 111 cm³/mol. The van der Waals surface area contributed by atoms with Gasteiger partial charge in [0.2, 0.25) is 5.91 Å². The summed E-state index contributed by atoms with van der Waals surface area (Å²) in [6.45, 7) is 4.12. The maximum Gasteiger partial charge on any atom is 0.256 e. The van der Waals surface area contributed by atoms with Gasteiger partial charge in [0.1, 0.15) is 0 Å². The molecule has 1 aromatic heterocycles. The average molecular weight is 387 g/mol. The van der Waals surface area contributed by atoms with Crippen LogP contribution in [0.5, 0.6) is 0 Å². The highest BCUT2D eigenvalue weighted by Crippen LogP contribution is 2.40. The van der Waals surface area contributed by atoms with Crippen LogP contribution in [0, 0.1) is 0 Å². The van der Waals surface area contributed by atoms with E-state index in [1.54, 1.807) is 11.0 Å². The van der Waals surface area contributed by atoms with Gasteiger partial charge in [-0.1, -0.05) is 24.8 Å². The molecule has 0 atom stereocenters. The molecule has 1 aliphatic heterocycles. The summed E-state index contributed by atoms with van der Waals surface area (Å²) in [5.74, 6) is -0.813. The van der Waals surface area contributed by atoms with Gasteiger partial charge in [-0.3, -0.25) is 14.3 Å². The van der Waals surface area contributed by atoms with Crippen molar-refractivity contribution in [1.82, 2.24) is 14.7 Å². The number of anilines is 1. The summed E-state index contributed by atoms with van der Waals surface area (Å²) in [6.07, 6.45) is 4.21. The second kappa shape index (κ2) is 6.20. The zero-order valence-electron chi connectivity index (χ0n) is 15.9. The molecule has 0 bridgehead atoms. The second-order valence-corrected chi connectivity index (χ2v) is 7.78. The number of nitrogen functional groups attached to an aromatic ring is 1. The van der Waals surface area contributed by atoms with Gasteiger partial charge in [-0.25, -0.2) is 0 Å². The molecule has 29 heavy (non-hydrogen) atoms. The number of primary amides is 1. The number of nitrogens with two attached hydrogens (primary N) is 2. The fraction of sp³-hybridized carbons (Fsp3) is 0.227. The highest BCUT2D eigenvalue weighted by Gasteiger charge is 2.33. The Balaban J connectivity index is 1.58. The SMILES string of the molecule is C=C(CN1Cc2c(-c3ccc4cnn(C5CC5)c4c3)ccc(N)c2C1=O)C(N)=O. The summed E-state index contributed by atoms with van der Waals surface area (Å²) in [5.41, 5.74) is 16.5. The molecule has 4 N–H and O–H groups in total. The van der Waals surface area contributed by atoms with Crippen LogP contribution in [0.15, 0.2) is 48.7 Å². The number of carbonyl (C=O) groups excluding carboxylic acids is 2. The van der Waals surface area contributed by atoms with Crippen LogP contribution >= 0.6 is 0 Å². The number of fused-ring (bicyclic) bond motifs is 2. The fourth-order valence-corrected chi connectivity index (χ4v) is 4.03. The van der Waals surface area contributed by atoms with E-state index >= 15 is 0 Å². The normalized spacial score (nSPS) is 15.7. The summed E-state index contributed by atoms with van der Waals surface area (Å²) in [4.78, 5) is 25.8. The van der Waals surface area contributed by atoms with E-state index in [4.69, 9.17) is 11.5 Å². The minimum absolute atomic E-state index is 0.0925. The van der Waals surface area contributed by atoms with Crippen molar-refractivity contribution in [1.29, 1.82) is 0 Å². The van der Waals surface area contributed by atoms with E-state index < -0.39 is 5.91 Å². The Kier molecular flexibility index (Phi) is 3.74. The van der Waals surface area contributed by atoms with Gasteiger partial charge in [-0.15, -0.1) is 0 Å². The molecule has 2 heterocycles. The standard InChI is InChI=1S/C22H21N5O2/c1-12(21(24)28)10-26-11-17-16(6-7-18(23)20(17)22(26)29)13-2-3-14-9-25-27(15-4-5-15)19(14)8-13/h2-3,6-9,15H,1,4-5,10-11,23H2,(H2,24,28). The highest BCUT2D eigenvalue weighted by atomic mass is 16.2. The van der Waals surface area contributed by atoms with E-state index in [1.165, 1.54) is 0 Å². The van der Waals surface area contributed by atoms with E-state index in [0.29, 0.717) is 23.8 Å². The molecule has 0 unspecified atom stereocenters. The summed E-state index contributed by atoms with van der Waals surface area (Å²) in [5, 5.41) is 5.63.